The molecule has 0 atom stereocenters. The molecule has 0 aromatic carbocycles. The van der Waals surface area contributed by atoms with E-state index in [2.05, 4.69) is 12.2 Å². The first-order valence-corrected chi connectivity index (χ1v) is 5.43. The molecular weight excluding hydrogens is 158 g/mol. The van der Waals surface area contributed by atoms with Gasteiger partial charge in [-0.3, -0.25) is 0 Å². The highest BCUT2D eigenvalue weighted by atomic mass is 32.2. The van der Waals surface area contributed by atoms with Crippen LogP contribution in [0.15, 0.2) is 0 Å². The lowest BCUT2D eigenvalue weighted by atomic mass is 9.95. The average Bonchev–Trinajstić information content (AvgIpc) is 2.03. The first kappa shape index (κ1) is 9.36. The molecule has 1 aliphatic rings. The Morgan fingerprint density at radius 3 is 2.64 bits per heavy atom. The van der Waals surface area contributed by atoms with Crippen LogP contribution in [0.5, 0.6) is 0 Å². The van der Waals surface area contributed by atoms with Crippen molar-refractivity contribution in [1.29, 1.82) is 0 Å². The summed E-state index contributed by atoms with van der Waals surface area (Å²) in [6.45, 7) is 4.08. The summed E-state index contributed by atoms with van der Waals surface area (Å²) >= 11 is 1.84. The third kappa shape index (κ3) is 3.01. The van der Waals surface area contributed by atoms with Gasteiger partial charge in [0.1, 0.15) is 0 Å². The molecule has 0 spiro atoms. The Labute approximate surface area is 72.8 Å². The van der Waals surface area contributed by atoms with Gasteiger partial charge in [-0.2, -0.15) is 11.8 Å². The highest BCUT2D eigenvalue weighted by molar-refractivity contribution is 7.99. The summed E-state index contributed by atoms with van der Waals surface area (Å²) in [5, 5.41) is 13.2. The summed E-state index contributed by atoms with van der Waals surface area (Å²) in [6.07, 6.45) is 1.83. The highest BCUT2D eigenvalue weighted by Crippen LogP contribution is 2.22. The van der Waals surface area contributed by atoms with Gasteiger partial charge in [0.05, 0.1) is 5.60 Å². The number of aliphatic hydroxyl groups is 1. The van der Waals surface area contributed by atoms with Crippen LogP contribution in [-0.2, 0) is 0 Å². The van der Waals surface area contributed by atoms with Crippen molar-refractivity contribution >= 4 is 11.8 Å². The van der Waals surface area contributed by atoms with Gasteiger partial charge in [-0.1, -0.05) is 6.92 Å². The molecule has 0 aliphatic carbocycles. The van der Waals surface area contributed by atoms with Gasteiger partial charge in [0, 0.05) is 5.75 Å². The lowest BCUT2D eigenvalue weighted by Gasteiger charge is -2.32. The van der Waals surface area contributed by atoms with Crippen molar-refractivity contribution in [1.82, 2.24) is 5.32 Å². The molecule has 1 saturated heterocycles. The van der Waals surface area contributed by atoms with Crippen LogP contribution < -0.4 is 5.32 Å². The molecule has 0 radical (unpaired) electrons. The molecule has 0 saturated carbocycles. The second-order valence-corrected chi connectivity index (χ2v) is 4.39. The summed E-state index contributed by atoms with van der Waals surface area (Å²) in [5.74, 6) is 2.01. The smallest absolute Gasteiger partial charge is 0.0761 e. The van der Waals surface area contributed by atoms with Crippen molar-refractivity contribution in [2.75, 3.05) is 24.6 Å². The van der Waals surface area contributed by atoms with E-state index in [4.69, 9.17) is 0 Å². The summed E-state index contributed by atoms with van der Waals surface area (Å²) in [6, 6.07) is 0. The Morgan fingerprint density at radius 1 is 1.45 bits per heavy atom. The zero-order chi connectivity index (χ0) is 8.16. The van der Waals surface area contributed by atoms with Crippen molar-refractivity contribution in [3.8, 4) is 0 Å². The standard InChI is InChI=1S/C8H17NOS/c1-2-11-7-8(10)3-5-9-6-4-8/h9-10H,2-7H2,1H3. The van der Waals surface area contributed by atoms with Gasteiger partial charge in [-0.15, -0.1) is 0 Å². The number of thioether (sulfide) groups is 1. The quantitative estimate of drug-likeness (QED) is 0.667. The third-order valence-electron chi connectivity index (χ3n) is 2.11. The van der Waals surface area contributed by atoms with Crippen molar-refractivity contribution in [2.24, 2.45) is 0 Å². The van der Waals surface area contributed by atoms with Crippen molar-refractivity contribution < 1.29 is 5.11 Å². The van der Waals surface area contributed by atoms with Crippen LogP contribution in [0.3, 0.4) is 0 Å². The van der Waals surface area contributed by atoms with Crippen molar-refractivity contribution in [3.05, 3.63) is 0 Å². The molecule has 1 rings (SSSR count). The van der Waals surface area contributed by atoms with Gasteiger partial charge < -0.3 is 10.4 Å². The minimum atomic E-state index is -0.369. The maximum atomic E-state index is 9.94. The molecule has 0 bridgehead atoms. The summed E-state index contributed by atoms with van der Waals surface area (Å²) < 4.78 is 0. The van der Waals surface area contributed by atoms with E-state index in [9.17, 15) is 5.11 Å². The number of piperidine rings is 1. The third-order valence-corrected chi connectivity index (χ3v) is 3.26. The van der Waals surface area contributed by atoms with E-state index in [1.807, 2.05) is 11.8 Å². The van der Waals surface area contributed by atoms with Gasteiger partial charge in [0.15, 0.2) is 0 Å². The second-order valence-electron chi connectivity index (χ2n) is 3.11. The monoisotopic (exact) mass is 175 g/mol. The molecule has 1 fully saturated rings. The fraction of sp³-hybridized carbons (Fsp3) is 1.00. The fourth-order valence-electron chi connectivity index (χ4n) is 1.33. The minimum Gasteiger partial charge on any atom is -0.389 e. The van der Waals surface area contributed by atoms with Crippen LogP contribution in [0.1, 0.15) is 19.8 Å². The maximum Gasteiger partial charge on any atom is 0.0761 e. The Hall–Kier alpha value is 0.270. The Morgan fingerprint density at radius 2 is 2.09 bits per heavy atom. The number of nitrogens with one attached hydrogen (secondary N) is 1. The second kappa shape index (κ2) is 4.33. The average molecular weight is 175 g/mol. The maximum absolute atomic E-state index is 9.94. The summed E-state index contributed by atoms with van der Waals surface area (Å²) in [7, 11) is 0. The molecule has 0 aromatic rings. The molecule has 66 valence electrons. The Balaban J connectivity index is 2.25. The first-order chi connectivity index (χ1) is 5.27. The zero-order valence-electron chi connectivity index (χ0n) is 7.10. The van der Waals surface area contributed by atoms with E-state index in [1.54, 1.807) is 0 Å². The predicted molar refractivity (Wildman–Crippen MR) is 50.1 cm³/mol. The molecule has 1 aliphatic heterocycles. The molecular formula is C8H17NOS. The number of rotatable bonds is 3. The van der Waals surface area contributed by atoms with E-state index in [0.717, 1.165) is 37.4 Å². The van der Waals surface area contributed by atoms with Gasteiger partial charge >= 0.3 is 0 Å². The number of hydrogen-bond acceptors (Lipinski definition) is 3. The Kier molecular flexibility index (Phi) is 3.69. The molecule has 1 heterocycles. The number of hydrogen-bond donors (Lipinski definition) is 2. The van der Waals surface area contributed by atoms with E-state index in [1.165, 1.54) is 0 Å². The molecule has 11 heavy (non-hydrogen) atoms. The summed E-state index contributed by atoms with van der Waals surface area (Å²) in [4.78, 5) is 0. The highest BCUT2D eigenvalue weighted by Gasteiger charge is 2.28. The lowest BCUT2D eigenvalue weighted by Crippen LogP contribution is -2.43. The first-order valence-electron chi connectivity index (χ1n) is 4.28. The Bertz CT molecular complexity index is 113. The van der Waals surface area contributed by atoms with E-state index < -0.39 is 0 Å². The van der Waals surface area contributed by atoms with Crippen LogP contribution in [-0.4, -0.2) is 35.3 Å². The minimum absolute atomic E-state index is 0.369. The van der Waals surface area contributed by atoms with Gasteiger partial charge in [-0.25, -0.2) is 0 Å². The van der Waals surface area contributed by atoms with Gasteiger partial charge in [0.25, 0.3) is 0 Å². The largest absolute Gasteiger partial charge is 0.389 e. The molecule has 0 aromatic heterocycles. The van der Waals surface area contributed by atoms with Crippen molar-refractivity contribution in [3.63, 3.8) is 0 Å². The fourth-order valence-corrected chi connectivity index (χ4v) is 2.20. The summed E-state index contributed by atoms with van der Waals surface area (Å²) in [5.41, 5.74) is -0.369. The van der Waals surface area contributed by atoms with Crippen LogP contribution >= 0.6 is 11.8 Å². The van der Waals surface area contributed by atoms with Crippen molar-refractivity contribution in [2.45, 2.75) is 25.4 Å². The topological polar surface area (TPSA) is 32.3 Å². The zero-order valence-corrected chi connectivity index (χ0v) is 7.91. The lowest BCUT2D eigenvalue weighted by molar-refractivity contribution is 0.0339. The molecule has 0 unspecified atom stereocenters. The normalized spacial score (nSPS) is 23.5. The van der Waals surface area contributed by atoms with E-state index in [0.29, 0.717) is 0 Å². The van der Waals surface area contributed by atoms with E-state index in [-0.39, 0.29) is 5.60 Å². The molecule has 3 heteroatoms. The SMILES string of the molecule is CCSCC1(O)CCNCC1. The molecule has 2 N–H and O–H groups in total. The van der Waals surface area contributed by atoms with Gasteiger partial charge in [-0.05, 0) is 31.7 Å². The van der Waals surface area contributed by atoms with Crippen LogP contribution in [0.2, 0.25) is 0 Å². The van der Waals surface area contributed by atoms with Crippen LogP contribution in [0, 0.1) is 0 Å². The van der Waals surface area contributed by atoms with Crippen LogP contribution in [0.25, 0.3) is 0 Å². The molecule has 2 nitrogen and oxygen atoms in total. The van der Waals surface area contributed by atoms with Crippen LogP contribution in [0.4, 0.5) is 0 Å². The van der Waals surface area contributed by atoms with Gasteiger partial charge in [0.2, 0.25) is 0 Å². The predicted octanol–water partition coefficient (Wildman–Crippen LogP) is 0.854. The molecule has 0 amide bonds. The van der Waals surface area contributed by atoms with E-state index >= 15 is 0 Å².